The van der Waals surface area contributed by atoms with Crippen molar-refractivity contribution in [3.63, 3.8) is 0 Å². The van der Waals surface area contributed by atoms with Crippen molar-refractivity contribution in [2.24, 2.45) is 0 Å². The molecular formula is C16H20N2O3. The fraction of sp³-hybridized carbons (Fsp3) is 0.438. The molecule has 1 amide bonds. The third-order valence-corrected chi connectivity index (χ3v) is 3.65. The number of aliphatic hydroxyl groups is 1. The van der Waals surface area contributed by atoms with E-state index >= 15 is 0 Å². The van der Waals surface area contributed by atoms with Crippen LogP contribution in [0.25, 0.3) is 10.9 Å². The van der Waals surface area contributed by atoms with Gasteiger partial charge in [-0.25, -0.2) is 4.79 Å². The molecule has 1 aliphatic heterocycles. The topological polar surface area (TPSA) is 65.6 Å². The smallest absolute Gasteiger partial charge is 0.410 e. The van der Waals surface area contributed by atoms with E-state index in [1.165, 1.54) is 4.90 Å². The van der Waals surface area contributed by atoms with E-state index in [-0.39, 0.29) is 19.2 Å². The van der Waals surface area contributed by atoms with E-state index < -0.39 is 11.2 Å². The number of rotatable bonds is 1. The molecule has 0 radical (unpaired) electrons. The summed E-state index contributed by atoms with van der Waals surface area (Å²) >= 11 is 0. The molecule has 2 N–H and O–H groups in total. The summed E-state index contributed by atoms with van der Waals surface area (Å²) in [6.07, 6.45) is 1.49. The van der Waals surface area contributed by atoms with Gasteiger partial charge in [-0.15, -0.1) is 0 Å². The molecule has 21 heavy (non-hydrogen) atoms. The van der Waals surface area contributed by atoms with Gasteiger partial charge in [-0.05, 0) is 49.9 Å². The number of β-amino-alcohol motifs (C(OH)–C–C–N with tert-alkyl or cyclic N) is 1. The molecule has 0 spiro atoms. The fourth-order valence-corrected chi connectivity index (χ4v) is 2.57. The summed E-state index contributed by atoms with van der Waals surface area (Å²) in [5.74, 6) is 0. The lowest BCUT2D eigenvalue weighted by atomic mass is 9.86. The van der Waals surface area contributed by atoms with Gasteiger partial charge in [0.05, 0.1) is 13.1 Å². The van der Waals surface area contributed by atoms with Crippen molar-refractivity contribution >= 4 is 17.0 Å². The van der Waals surface area contributed by atoms with Crippen LogP contribution < -0.4 is 0 Å². The second-order valence-electron chi connectivity index (χ2n) is 6.65. The number of aromatic nitrogens is 1. The van der Waals surface area contributed by atoms with E-state index in [4.69, 9.17) is 4.74 Å². The Bertz CT molecular complexity index is 678. The highest BCUT2D eigenvalue weighted by atomic mass is 16.6. The number of fused-ring (bicyclic) bond motifs is 1. The van der Waals surface area contributed by atoms with Gasteiger partial charge in [-0.2, -0.15) is 0 Å². The first-order chi connectivity index (χ1) is 9.77. The molecule has 1 aromatic carbocycles. The predicted molar refractivity (Wildman–Crippen MR) is 80.0 cm³/mol. The average Bonchev–Trinajstić information content (AvgIpc) is 2.79. The van der Waals surface area contributed by atoms with Gasteiger partial charge in [0.1, 0.15) is 11.2 Å². The standard InChI is InChI=1S/C16H20N2O3/c1-15(2,3)21-14(19)18-9-16(20,10-18)12-4-5-13-11(8-12)6-7-17-13/h4-8,17,20H,9-10H2,1-3H3. The molecule has 112 valence electrons. The van der Waals surface area contributed by atoms with Gasteiger partial charge < -0.3 is 19.7 Å². The first-order valence-corrected chi connectivity index (χ1v) is 7.05. The molecule has 1 fully saturated rings. The number of likely N-dealkylation sites (tertiary alicyclic amines) is 1. The minimum absolute atomic E-state index is 0.262. The van der Waals surface area contributed by atoms with Crippen LogP contribution in [0.15, 0.2) is 30.5 Å². The Hall–Kier alpha value is -2.01. The number of aromatic amines is 1. The summed E-state index contributed by atoms with van der Waals surface area (Å²) in [5, 5.41) is 11.7. The average molecular weight is 288 g/mol. The number of nitrogens with zero attached hydrogens (tertiary/aromatic N) is 1. The second kappa shape index (κ2) is 4.49. The molecule has 2 heterocycles. The number of amides is 1. The number of hydrogen-bond donors (Lipinski definition) is 2. The van der Waals surface area contributed by atoms with Crippen LogP contribution in [0.2, 0.25) is 0 Å². The third-order valence-electron chi connectivity index (χ3n) is 3.65. The summed E-state index contributed by atoms with van der Waals surface area (Å²) in [5.41, 5.74) is 0.358. The molecular weight excluding hydrogens is 268 g/mol. The lowest BCUT2D eigenvalue weighted by molar-refractivity contribution is -0.103. The van der Waals surface area contributed by atoms with Crippen molar-refractivity contribution in [2.75, 3.05) is 13.1 Å². The van der Waals surface area contributed by atoms with Gasteiger partial charge in [-0.3, -0.25) is 0 Å². The van der Waals surface area contributed by atoms with Gasteiger partial charge in [0.2, 0.25) is 0 Å². The molecule has 0 aliphatic carbocycles. The van der Waals surface area contributed by atoms with Crippen molar-refractivity contribution in [2.45, 2.75) is 32.0 Å². The highest BCUT2D eigenvalue weighted by molar-refractivity contribution is 5.80. The largest absolute Gasteiger partial charge is 0.444 e. The summed E-state index contributed by atoms with van der Waals surface area (Å²) in [6.45, 7) is 6.01. The minimum Gasteiger partial charge on any atom is -0.444 e. The van der Waals surface area contributed by atoms with Crippen LogP contribution in [0.1, 0.15) is 26.3 Å². The summed E-state index contributed by atoms with van der Waals surface area (Å²) in [4.78, 5) is 16.6. The zero-order valence-corrected chi connectivity index (χ0v) is 12.5. The van der Waals surface area contributed by atoms with E-state index in [1.54, 1.807) is 0 Å². The third kappa shape index (κ3) is 2.61. The predicted octanol–water partition coefficient (Wildman–Crippen LogP) is 2.61. The van der Waals surface area contributed by atoms with E-state index in [0.29, 0.717) is 0 Å². The lowest BCUT2D eigenvalue weighted by Crippen LogP contribution is -2.61. The SMILES string of the molecule is CC(C)(C)OC(=O)N1CC(O)(c2ccc3[nH]ccc3c2)C1. The van der Waals surface area contributed by atoms with Crippen LogP contribution in [0.5, 0.6) is 0 Å². The molecule has 0 unspecified atom stereocenters. The number of carbonyl (C=O) groups is 1. The van der Waals surface area contributed by atoms with E-state index in [2.05, 4.69) is 4.98 Å². The van der Waals surface area contributed by atoms with Crippen LogP contribution in [-0.2, 0) is 10.3 Å². The number of ether oxygens (including phenoxy) is 1. The van der Waals surface area contributed by atoms with Crippen LogP contribution in [0, 0.1) is 0 Å². The minimum atomic E-state index is -0.984. The van der Waals surface area contributed by atoms with Crippen LogP contribution in [-0.4, -0.2) is 39.8 Å². The first-order valence-electron chi connectivity index (χ1n) is 7.05. The van der Waals surface area contributed by atoms with E-state index in [0.717, 1.165) is 16.5 Å². The summed E-state index contributed by atoms with van der Waals surface area (Å²) in [6, 6.07) is 7.76. The van der Waals surface area contributed by atoms with Gasteiger partial charge in [0, 0.05) is 11.7 Å². The monoisotopic (exact) mass is 288 g/mol. The number of nitrogens with one attached hydrogen (secondary N) is 1. The van der Waals surface area contributed by atoms with E-state index in [9.17, 15) is 9.90 Å². The second-order valence-corrected chi connectivity index (χ2v) is 6.65. The van der Waals surface area contributed by atoms with E-state index in [1.807, 2.05) is 51.2 Å². The maximum atomic E-state index is 11.9. The zero-order chi connectivity index (χ0) is 15.3. The Morgan fingerprint density at radius 2 is 2.05 bits per heavy atom. The molecule has 0 atom stereocenters. The van der Waals surface area contributed by atoms with Crippen molar-refractivity contribution in [1.82, 2.24) is 9.88 Å². The Balaban J connectivity index is 1.72. The van der Waals surface area contributed by atoms with Crippen molar-refractivity contribution in [1.29, 1.82) is 0 Å². The number of carbonyl (C=O) groups excluding carboxylic acids is 1. The maximum absolute atomic E-state index is 11.9. The first kappa shape index (κ1) is 13.9. The fourth-order valence-electron chi connectivity index (χ4n) is 2.57. The van der Waals surface area contributed by atoms with Crippen molar-refractivity contribution in [3.05, 3.63) is 36.0 Å². The maximum Gasteiger partial charge on any atom is 0.410 e. The molecule has 5 nitrogen and oxygen atoms in total. The van der Waals surface area contributed by atoms with Gasteiger partial charge in [0.25, 0.3) is 0 Å². The van der Waals surface area contributed by atoms with Crippen molar-refractivity contribution < 1.29 is 14.6 Å². The number of hydrogen-bond acceptors (Lipinski definition) is 3. The van der Waals surface area contributed by atoms with Crippen LogP contribution in [0.3, 0.4) is 0 Å². The molecule has 2 aromatic rings. The Labute approximate surface area is 123 Å². The van der Waals surface area contributed by atoms with Crippen molar-refractivity contribution in [3.8, 4) is 0 Å². The molecule has 0 saturated carbocycles. The van der Waals surface area contributed by atoms with Gasteiger partial charge in [0.15, 0.2) is 0 Å². The summed E-state index contributed by atoms with van der Waals surface area (Å²) in [7, 11) is 0. The lowest BCUT2D eigenvalue weighted by Gasteiger charge is -2.46. The molecule has 1 saturated heterocycles. The highest BCUT2D eigenvalue weighted by Crippen LogP contribution is 2.34. The quantitative estimate of drug-likeness (QED) is 0.847. The Morgan fingerprint density at radius 1 is 1.33 bits per heavy atom. The zero-order valence-electron chi connectivity index (χ0n) is 12.5. The van der Waals surface area contributed by atoms with Gasteiger partial charge in [-0.1, -0.05) is 6.07 Å². The molecule has 5 heteroatoms. The molecule has 1 aliphatic rings. The number of H-pyrrole nitrogens is 1. The van der Waals surface area contributed by atoms with Gasteiger partial charge >= 0.3 is 6.09 Å². The summed E-state index contributed by atoms with van der Waals surface area (Å²) < 4.78 is 5.30. The molecule has 3 rings (SSSR count). The highest BCUT2D eigenvalue weighted by Gasteiger charge is 2.46. The molecule has 0 bridgehead atoms. The van der Waals surface area contributed by atoms with Crippen LogP contribution >= 0.6 is 0 Å². The normalized spacial score (nSPS) is 17.6. The molecule has 1 aromatic heterocycles. The van der Waals surface area contributed by atoms with Crippen LogP contribution in [0.4, 0.5) is 4.79 Å². The Morgan fingerprint density at radius 3 is 2.71 bits per heavy atom. The Kier molecular flexibility index (Phi) is 2.99. The number of benzene rings is 1.